The van der Waals surface area contributed by atoms with E-state index in [2.05, 4.69) is 21.2 Å². The van der Waals surface area contributed by atoms with Crippen molar-refractivity contribution >= 4 is 65.8 Å². The summed E-state index contributed by atoms with van der Waals surface area (Å²) >= 11 is 9.67. The third-order valence-corrected chi connectivity index (χ3v) is 7.83. The highest BCUT2D eigenvalue weighted by atomic mass is 127. The summed E-state index contributed by atoms with van der Waals surface area (Å²) in [4.78, 5) is 14.2. The minimum Gasteiger partial charge on any atom is -0.507 e. The minimum atomic E-state index is -0.618. The Bertz CT molecular complexity index is 1390. The van der Waals surface area contributed by atoms with Crippen LogP contribution in [-0.2, 0) is 14.1 Å². The quantitative estimate of drug-likeness (QED) is 0.0794. The van der Waals surface area contributed by atoms with E-state index in [4.69, 9.17) is 21.8 Å². The molecule has 0 saturated heterocycles. The first-order chi connectivity index (χ1) is 17.9. The summed E-state index contributed by atoms with van der Waals surface area (Å²) in [6, 6.07) is 29.2. The van der Waals surface area contributed by atoms with Gasteiger partial charge in [-0.2, -0.15) is 0 Å². The van der Waals surface area contributed by atoms with Gasteiger partial charge in [-0.3, -0.25) is 4.79 Å². The van der Waals surface area contributed by atoms with Gasteiger partial charge < -0.3 is 14.0 Å². The molecule has 36 heavy (non-hydrogen) atoms. The lowest BCUT2D eigenvalue weighted by Gasteiger charge is -2.18. The molecule has 0 heterocycles. The third kappa shape index (κ3) is 7.26. The van der Waals surface area contributed by atoms with Crippen LogP contribution in [0.25, 0.3) is 0 Å². The summed E-state index contributed by atoms with van der Waals surface area (Å²) in [5.41, 5.74) is 2.31. The first-order valence-electron chi connectivity index (χ1n) is 11.2. The molecule has 0 amide bonds. The Labute approximate surface area is 237 Å². The standard InChI is InChI=1S/C27H21ClIO4PS2/c28-22-15-23(30)25(16-24(22)32-17-18-7-3-1-4-8-18)35-27(20-9-5-2-6-10-20)26(31)19-11-13-21(14-12-19)33-36(29)34/h1-16,27,30,34H,17H2/i34T. The zero-order valence-electron chi connectivity index (χ0n) is 19.7. The second kappa shape index (κ2) is 13.0. The van der Waals surface area contributed by atoms with Gasteiger partial charge in [0.05, 0.1) is 22.7 Å². The first kappa shape index (κ1) is 25.6. The van der Waals surface area contributed by atoms with Crippen LogP contribution in [0.5, 0.6) is 17.2 Å². The molecule has 0 spiro atoms. The number of ketones is 1. The number of thioether (sulfide) groups is 1. The van der Waals surface area contributed by atoms with Crippen LogP contribution >= 0.6 is 52.5 Å². The van der Waals surface area contributed by atoms with E-state index in [1.807, 2.05) is 60.7 Å². The molecular weight excluding hydrogens is 646 g/mol. The smallest absolute Gasteiger partial charge is 0.180 e. The molecule has 1 N–H and O–H groups in total. The molecule has 0 fully saturated rings. The maximum atomic E-state index is 13.7. The summed E-state index contributed by atoms with van der Waals surface area (Å²) in [6.07, 6.45) is 0. The van der Waals surface area contributed by atoms with E-state index in [9.17, 15) is 9.90 Å². The molecule has 0 aliphatic carbocycles. The Balaban J connectivity index is 1.61. The molecule has 184 valence electrons. The van der Waals surface area contributed by atoms with Gasteiger partial charge in [-0.05, 0) is 49.4 Å². The van der Waals surface area contributed by atoms with Gasteiger partial charge >= 0.3 is 0 Å². The fourth-order valence-corrected chi connectivity index (χ4v) is 5.91. The molecule has 2 unspecified atom stereocenters. The van der Waals surface area contributed by atoms with Crippen molar-refractivity contribution in [2.45, 2.75) is 16.8 Å². The van der Waals surface area contributed by atoms with Crippen molar-refractivity contribution in [3.05, 3.63) is 119 Å². The average Bonchev–Trinajstić information content (AvgIpc) is 2.93. The highest BCUT2D eigenvalue weighted by Crippen LogP contribution is 2.45. The SMILES string of the molecule is [3H]P=S(I)Oc1ccc(C(=O)C(Sc2cc(OCc3ccccc3)c(Cl)cc2O)c2ccccc2)cc1. The number of carbonyl (C=O) groups excluding carboxylic acids is 1. The second-order valence-electron chi connectivity index (χ2n) is 7.61. The Kier molecular flexibility index (Phi) is 9.23. The molecule has 0 aliphatic heterocycles. The maximum Gasteiger partial charge on any atom is 0.180 e. The average molecular weight is 669 g/mol. The van der Waals surface area contributed by atoms with Gasteiger partial charge in [0.15, 0.2) is 5.78 Å². The van der Waals surface area contributed by atoms with Crippen molar-refractivity contribution in [2.75, 3.05) is 0 Å². The molecule has 9 heteroatoms. The van der Waals surface area contributed by atoms with E-state index in [1.54, 1.807) is 30.3 Å². The predicted octanol–water partition coefficient (Wildman–Crippen LogP) is 8.66. The number of phenolic OH excluding ortho intramolecular Hbond substituents is 1. The molecule has 4 nitrogen and oxygen atoms in total. The topological polar surface area (TPSA) is 55.8 Å². The molecule has 2 atom stereocenters. The number of hydrogen-bond acceptors (Lipinski definition) is 5. The van der Waals surface area contributed by atoms with Gasteiger partial charge in [-0.15, -0.1) is 11.8 Å². The number of hydrogen-bond donors (Lipinski definition) is 1. The monoisotopic (exact) mass is 668 g/mol. The minimum absolute atomic E-state index is 0.0248. The summed E-state index contributed by atoms with van der Waals surface area (Å²) in [7, 11) is -0.165. The van der Waals surface area contributed by atoms with Crippen LogP contribution in [0.3, 0.4) is 0 Å². The lowest BCUT2D eigenvalue weighted by molar-refractivity contribution is 0.0989. The number of Topliss-reactive ketones (excluding diaryl/α,β-unsaturated/α-hetero) is 1. The van der Waals surface area contributed by atoms with Crippen LogP contribution in [-0.4, -0.2) is 12.2 Å². The number of phenols is 1. The van der Waals surface area contributed by atoms with Crippen LogP contribution in [0.15, 0.2) is 102 Å². The van der Waals surface area contributed by atoms with Crippen molar-refractivity contribution in [1.82, 2.24) is 0 Å². The Hall–Kier alpha value is -2.03. The normalized spacial score (nSPS) is 13.0. The molecule has 0 aliphatic rings. The number of carbonyl (C=O) groups is 1. The van der Waals surface area contributed by atoms with Gasteiger partial charge in [0, 0.05) is 32.8 Å². The van der Waals surface area contributed by atoms with Crippen LogP contribution in [0, 0.1) is 0 Å². The van der Waals surface area contributed by atoms with Crippen LogP contribution in [0.1, 0.15) is 26.7 Å². The number of benzene rings is 4. The molecular formula is C27H21ClIO4PS2. The highest BCUT2D eigenvalue weighted by molar-refractivity contribution is 14.2. The second-order valence-corrected chi connectivity index (χ2v) is 15.2. The van der Waals surface area contributed by atoms with E-state index in [0.29, 0.717) is 36.5 Å². The van der Waals surface area contributed by atoms with Crippen molar-refractivity contribution in [1.29, 1.82) is 1.28 Å². The van der Waals surface area contributed by atoms with Gasteiger partial charge in [0.25, 0.3) is 0 Å². The van der Waals surface area contributed by atoms with Gasteiger partial charge in [0.1, 0.15) is 25.1 Å². The highest BCUT2D eigenvalue weighted by Gasteiger charge is 2.25. The molecule has 0 aromatic heterocycles. The van der Waals surface area contributed by atoms with E-state index in [-0.39, 0.29) is 16.6 Å². The summed E-state index contributed by atoms with van der Waals surface area (Å²) in [6.45, 7) is 0.323. The van der Waals surface area contributed by atoms with E-state index < -0.39 is 12.8 Å². The Morgan fingerprint density at radius 2 is 1.72 bits per heavy atom. The molecule has 0 saturated carbocycles. The number of aromatic hydroxyl groups is 1. The van der Waals surface area contributed by atoms with Crippen LogP contribution in [0.2, 0.25) is 5.02 Å². The van der Waals surface area contributed by atoms with Crippen molar-refractivity contribution < 1.29 is 18.8 Å². The molecule has 4 rings (SSSR count). The fraction of sp³-hybridized carbons (Fsp3) is 0.0741. The van der Waals surface area contributed by atoms with Crippen LogP contribution in [0.4, 0.5) is 0 Å². The van der Waals surface area contributed by atoms with Gasteiger partial charge in [0.2, 0.25) is 0 Å². The van der Waals surface area contributed by atoms with Gasteiger partial charge in [-0.1, -0.05) is 72.3 Å². The fourth-order valence-electron chi connectivity index (χ4n) is 3.40. The number of ether oxygens (including phenoxy) is 1. The first-order valence-corrected chi connectivity index (χ1v) is 16.7. The summed E-state index contributed by atoms with van der Waals surface area (Å²) < 4.78 is 19.0. The molecule has 4 aromatic carbocycles. The Morgan fingerprint density at radius 3 is 2.39 bits per heavy atom. The van der Waals surface area contributed by atoms with E-state index in [0.717, 1.165) is 11.1 Å². The summed E-state index contributed by atoms with van der Waals surface area (Å²) in [5.74, 6) is 0.891. The Morgan fingerprint density at radius 1 is 1.06 bits per heavy atom. The van der Waals surface area contributed by atoms with Crippen molar-refractivity contribution in [2.24, 2.45) is 0 Å². The van der Waals surface area contributed by atoms with Gasteiger partial charge in [-0.25, -0.2) is 0 Å². The predicted molar refractivity (Wildman–Crippen MR) is 160 cm³/mol. The third-order valence-electron chi connectivity index (χ3n) is 5.14. The van der Waals surface area contributed by atoms with E-state index in [1.165, 1.54) is 17.8 Å². The largest absolute Gasteiger partial charge is 0.507 e. The van der Waals surface area contributed by atoms with Crippen molar-refractivity contribution in [3.63, 3.8) is 0 Å². The number of halogens is 2. The molecule has 0 bridgehead atoms. The van der Waals surface area contributed by atoms with Crippen molar-refractivity contribution in [3.8, 4) is 17.2 Å². The molecule has 0 radical (unpaired) electrons. The zero-order valence-corrected chi connectivity index (χ0v) is 24.2. The summed E-state index contributed by atoms with van der Waals surface area (Å²) in [5, 5.41) is 10.4. The lowest BCUT2D eigenvalue weighted by Crippen LogP contribution is -2.10. The zero-order chi connectivity index (χ0) is 26.2. The maximum absolute atomic E-state index is 13.7. The number of rotatable bonds is 10. The van der Waals surface area contributed by atoms with Crippen LogP contribution < -0.4 is 8.92 Å². The lowest BCUT2D eigenvalue weighted by atomic mass is 10.0. The van der Waals surface area contributed by atoms with E-state index >= 15 is 0 Å². The molecule has 4 aromatic rings.